The van der Waals surface area contributed by atoms with Crippen LogP contribution in [0.15, 0.2) is 54.6 Å². The Morgan fingerprint density at radius 3 is 2.25 bits per heavy atom. The highest BCUT2D eigenvalue weighted by Crippen LogP contribution is 2.13. The highest BCUT2D eigenvalue weighted by molar-refractivity contribution is 5.45. The Morgan fingerprint density at radius 2 is 1.65 bits per heavy atom. The lowest BCUT2D eigenvalue weighted by atomic mass is 10.1. The standard InChI is InChI=1S/C17H22N2O/c1-19(2)16-10-8-14(9-11-16)12-18-13-17(20)15-6-4-3-5-7-15/h3-11,17-18,20H,12-13H2,1-2H3/t17-/m0/s1. The van der Waals surface area contributed by atoms with Crippen LogP contribution in [0.3, 0.4) is 0 Å². The van der Waals surface area contributed by atoms with Crippen molar-refractivity contribution in [2.75, 3.05) is 25.5 Å². The summed E-state index contributed by atoms with van der Waals surface area (Å²) < 4.78 is 0. The fraction of sp³-hybridized carbons (Fsp3) is 0.294. The molecule has 20 heavy (non-hydrogen) atoms. The van der Waals surface area contributed by atoms with Crippen molar-refractivity contribution in [3.63, 3.8) is 0 Å². The number of benzene rings is 2. The normalized spacial score (nSPS) is 12.2. The van der Waals surface area contributed by atoms with Gasteiger partial charge in [-0.05, 0) is 23.3 Å². The van der Waals surface area contributed by atoms with Crippen LogP contribution in [-0.2, 0) is 6.54 Å². The van der Waals surface area contributed by atoms with E-state index in [0.717, 1.165) is 12.1 Å². The first-order valence-corrected chi connectivity index (χ1v) is 6.87. The highest BCUT2D eigenvalue weighted by Gasteiger charge is 2.05. The molecular formula is C17H22N2O. The second kappa shape index (κ2) is 7.08. The van der Waals surface area contributed by atoms with E-state index in [1.165, 1.54) is 11.3 Å². The third-order valence-corrected chi connectivity index (χ3v) is 3.30. The topological polar surface area (TPSA) is 35.5 Å². The first kappa shape index (κ1) is 14.6. The van der Waals surface area contributed by atoms with Crippen LogP contribution < -0.4 is 10.2 Å². The summed E-state index contributed by atoms with van der Waals surface area (Å²) in [6, 6.07) is 18.1. The van der Waals surface area contributed by atoms with Gasteiger partial charge < -0.3 is 15.3 Å². The van der Waals surface area contributed by atoms with E-state index in [0.29, 0.717) is 6.54 Å². The van der Waals surface area contributed by atoms with Crippen molar-refractivity contribution in [3.8, 4) is 0 Å². The van der Waals surface area contributed by atoms with Gasteiger partial charge in [0, 0.05) is 32.9 Å². The SMILES string of the molecule is CN(C)c1ccc(CNC[C@H](O)c2ccccc2)cc1. The Hall–Kier alpha value is -1.84. The molecule has 0 heterocycles. The van der Waals surface area contributed by atoms with Gasteiger partial charge in [-0.3, -0.25) is 0 Å². The minimum Gasteiger partial charge on any atom is -0.387 e. The lowest BCUT2D eigenvalue weighted by Gasteiger charge is -2.14. The zero-order chi connectivity index (χ0) is 14.4. The van der Waals surface area contributed by atoms with E-state index in [4.69, 9.17) is 0 Å². The molecule has 2 aromatic rings. The van der Waals surface area contributed by atoms with Crippen molar-refractivity contribution in [2.24, 2.45) is 0 Å². The molecule has 0 aliphatic carbocycles. The van der Waals surface area contributed by atoms with Crippen LogP contribution in [0.2, 0.25) is 0 Å². The molecule has 2 N–H and O–H groups in total. The van der Waals surface area contributed by atoms with E-state index in [-0.39, 0.29) is 0 Å². The first-order chi connectivity index (χ1) is 9.66. The Kier molecular flexibility index (Phi) is 5.16. The Balaban J connectivity index is 1.81. The van der Waals surface area contributed by atoms with Gasteiger partial charge >= 0.3 is 0 Å². The van der Waals surface area contributed by atoms with Crippen LogP contribution in [0.4, 0.5) is 5.69 Å². The van der Waals surface area contributed by atoms with Crippen molar-refractivity contribution in [3.05, 3.63) is 65.7 Å². The van der Waals surface area contributed by atoms with Gasteiger partial charge in [0.15, 0.2) is 0 Å². The molecule has 1 atom stereocenters. The minimum atomic E-state index is -0.461. The minimum absolute atomic E-state index is 0.461. The molecule has 0 aromatic heterocycles. The van der Waals surface area contributed by atoms with Crippen molar-refractivity contribution in [1.29, 1.82) is 0 Å². The molecule has 0 saturated carbocycles. The third kappa shape index (κ3) is 4.08. The van der Waals surface area contributed by atoms with Crippen molar-refractivity contribution in [2.45, 2.75) is 12.6 Å². The Labute approximate surface area is 120 Å². The van der Waals surface area contributed by atoms with Gasteiger partial charge in [-0.2, -0.15) is 0 Å². The summed E-state index contributed by atoms with van der Waals surface area (Å²) in [6.07, 6.45) is -0.461. The number of rotatable bonds is 6. The molecule has 0 amide bonds. The van der Waals surface area contributed by atoms with E-state index in [2.05, 4.69) is 34.5 Å². The molecule has 3 nitrogen and oxygen atoms in total. The molecule has 0 unspecified atom stereocenters. The summed E-state index contributed by atoms with van der Waals surface area (Å²) >= 11 is 0. The van der Waals surface area contributed by atoms with Gasteiger partial charge in [0.2, 0.25) is 0 Å². The summed E-state index contributed by atoms with van der Waals surface area (Å²) in [5, 5.41) is 13.3. The zero-order valence-electron chi connectivity index (χ0n) is 12.1. The smallest absolute Gasteiger partial charge is 0.0914 e. The van der Waals surface area contributed by atoms with Crippen LogP contribution in [0, 0.1) is 0 Å². The predicted octanol–water partition coefficient (Wildman–Crippen LogP) is 2.58. The van der Waals surface area contributed by atoms with E-state index >= 15 is 0 Å². The van der Waals surface area contributed by atoms with Gasteiger partial charge in [-0.1, -0.05) is 42.5 Å². The summed E-state index contributed by atoms with van der Waals surface area (Å²) in [5.74, 6) is 0. The molecule has 2 aromatic carbocycles. The molecular weight excluding hydrogens is 248 g/mol. The van der Waals surface area contributed by atoms with Gasteiger partial charge in [0.1, 0.15) is 0 Å². The number of hydrogen-bond acceptors (Lipinski definition) is 3. The molecule has 0 aliphatic heterocycles. The lowest BCUT2D eigenvalue weighted by molar-refractivity contribution is 0.174. The number of aliphatic hydroxyl groups excluding tert-OH is 1. The molecule has 0 aliphatic rings. The monoisotopic (exact) mass is 270 g/mol. The van der Waals surface area contributed by atoms with Crippen molar-refractivity contribution < 1.29 is 5.11 Å². The second-order valence-corrected chi connectivity index (χ2v) is 5.12. The maximum Gasteiger partial charge on any atom is 0.0914 e. The molecule has 106 valence electrons. The maximum absolute atomic E-state index is 10.0. The zero-order valence-corrected chi connectivity index (χ0v) is 12.1. The predicted molar refractivity (Wildman–Crippen MR) is 83.9 cm³/mol. The third-order valence-electron chi connectivity index (χ3n) is 3.30. The van der Waals surface area contributed by atoms with Crippen molar-refractivity contribution >= 4 is 5.69 Å². The number of aliphatic hydroxyl groups is 1. The molecule has 3 heteroatoms. The summed E-state index contributed by atoms with van der Waals surface area (Å²) in [5.41, 5.74) is 3.36. The van der Waals surface area contributed by atoms with E-state index < -0.39 is 6.10 Å². The molecule has 0 radical (unpaired) electrons. The number of anilines is 1. The van der Waals surface area contributed by atoms with E-state index in [1.54, 1.807) is 0 Å². The molecule has 0 spiro atoms. The van der Waals surface area contributed by atoms with Crippen molar-refractivity contribution in [1.82, 2.24) is 5.32 Å². The lowest BCUT2D eigenvalue weighted by Crippen LogP contribution is -2.21. The Morgan fingerprint density at radius 1 is 1.00 bits per heavy atom. The van der Waals surface area contributed by atoms with E-state index in [9.17, 15) is 5.11 Å². The quantitative estimate of drug-likeness (QED) is 0.847. The summed E-state index contributed by atoms with van der Waals surface area (Å²) in [7, 11) is 4.06. The van der Waals surface area contributed by atoms with Crippen LogP contribution >= 0.6 is 0 Å². The average molecular weight is 270 g/mol. The molecule has 0 fully saturated rings. The van der Waals surface area contributed by atoms with Crippen LogP contribution in [-0.4, -0.2) is 25.7 Å². The van der Waals surface area contributed by atoms with Crippen LogP contribution in [0.1, 0.15) is 17.2 Å². The van der Waals surface area contributed by atoms with Crippen LogP contribution in [0.25, 0.3) is 0 Å². The van der Waals surface area contributed by atoms with Crippen LogP contribution in [0.5, 0.6) is 0 Å². The van der Waals surface area contributed by atoms with Gasteiger partial charge in [-0.25, -0.2) is 0 Å². The molecule has 0 bridgehead atoms. The second-order valence-electron chi connectivity index (χ2n) is 5.12. The molecule has 2 rings (SSSR count). The number of nitrogens with one attached hydrogen (secondary N) is 1. The van der Waals surface area contributed by atoms with Gasteiger partial charge in [0.25, 0.3) is 0 Å². The fourth-order valence-corrected chi connectivity index (χ4v) is 2.06. The average Bonchev–Trinajstić information content (AvgIpc) is 2.48. The number of hydrogen-bond donors (Lipinski definition) is 2. The summed E-state index contributed by atoms with van der Waals surface area (Å²) in [6.45, 7) is 1.32. The Bertz CT molecular complexity index is 508. The van der Waals surface area contributed by atoms with E-state index in [1.807, 2.05) is 44.4 Å². The first-order valence-electron chi connectivity index (χ1n) is 6.87. The summed E-state index contributed by atoms with van der Waals surface area (Å²) in [4.78, 5) is 2.08. The molecule has 0 saturated heterocycles. The maximum atomic E-state index is 10.0. The number of nitrogens with zero attached hydrogens (tertiary/aromatic N) is 1. The van der Waals surface area contributed by atoms with Gasteiger partial charge in [0.05, 0.1) is 6.10 Å². The fourth-order valence-electron chi connectivity index (χ4n) is 2.06. The largest absolute Gasteiger partial charge is 0.387 e. The highest BCUT2D eigenvalue weighted by atomic mass is 16.3. The van der Waals surface area contributed by atoms with Gasteiger partial charge in [-0.15, -0.1) is 0 Å².